The number of rotatable bonds is 7. The second kappa shape index (κ2) is 9.60. The molecule has 3 aromatic rings. The highest BCUT2D eigenvalue weighted by molar-refractivity contribution is 6.45. The maximum atomic E-state index is 13.2. The van der Waals surface area contributed by atoms with Crippen LogP contribution in [0.25, 0.3) is 10.9 Å². The van der Waals surface area contributed by atoms with Gasteiger partial charge in [-0.2, -0.15) is 8.78 Å². The lowest BCUT2D eigenvalue weighted by atomic mass is 10.1. The molecule has 6 N–H and O–H groups in total. The predicted molar refractivity (Wildman–Crippen MR) is 115 cm³/mol. The second-order valence-corrected chi connectivity index (χ2v) is 6.57. The van der Waals surface area contributed by atoms with E-state index >= 15 is 0 Å². The first kappa shape index (κ1) is 22.3. The van der Waals surface area contributed by atoms with Crippen molar-refractivity contribution in [2.75, 3.05) is 5.73 Å². The molecule has 0 saturated carbocycles. The fourth-order valence-electron chi connectivity index (χ4n) is 3.02. The Hall–Kier alpha value is -4.41. The number of hydrogen-bond acceptors (Lipinski definition) is 7. The monoisotopic (exact) mass is 439 g/mol. The Kier molecular flexibility index (Phi) is 6.68. The van der Waals surface area contributed by atoms with Gasteiger partial charge in [-0.25, -0.2) is 9.98 Å². The highest BCUT2D eigenvalue weighted by Gasteiger charge is 2.27. The van der Waals surface area contributed by atoms with Crippen LogP contribution in [0.4, 0.5) is 14.6 Å². The Morgan fingerprint density at radius 3 is 2.56 bits per heavy atom. The van der Waals surface area contributed by atoms with Crippen LogP contribution in [0.1, 0.15) is 15.9 Å². The van der Waals surface area contributed by atoms with Crippen LogP contribution >= 0.6 is 0 Å². The number of benzene rings is 1. The van der Waals surface area contributed by atoms with Crippen molar-refractivity contribution in [3.05, 3.63) is 77.9 Å². The summed E-state index contributed by atoms with van der Waals surface area (Å²) in [5, 5.41) is 0.805. The molecule has 11 heteroatoms. The van der Waals surface area contributed by atoms with Gasteiger partial charge in [0.2, 0.25) is 0 Å². The topological polar surface area (TPSA) is 154 Å². The van der Waals surface area contributed by atoms with Crippen LogP contribution in [0, 0.1) is 0 Å². The van der Waals surface area contributed by atoms with Gasteiger partial charge >= 0.3 is 6.55 Å². The maximum absolute atomic E-state index is 13.2. The van der Waals surface area contributed by atoms with E-state index in [1.807, 2.05) is 0 Å². The molecule has 9 nitrogen and oxygen atoms in total. The fraction of sp³-hybridized carbons (Fsp3) is 0.0952. The van der Waals surface area contributed by atoms with Gasteiger partial charge < -0.3 is 22.1 Å². The minimum Gasteiger partial charge on any atom is -0.403 e. The molecule has 32 heavy (non-hydrogen) atoms. The van der Waals surface area contributed by atoms with Crippen LogP contribution in [0.5, 0.6) is 0 Å². The van der Waals surface area contributed by atoms with Crippen LogP contribution < -0.4 is 17.2 Å². The summed E-state index contributed by atoms with van der Waals surface area (Å²) >= 11 is 0. The number of carbonyl (C=O) groups excluding carboxylic acids is 2. The largest absolute Gasteiger partial charge is 0.403 e. The Balaban J connectivity index is 2.10. The fourth-order valence-corrected chi connectivity index (χ4v) is 3.02. The van der Waals surface area contributed by atoms with Gasteiger partial charge in [-0.1, -0.05) is 12.1 Å². The van der Waals surface area contributed by atoms with Gasteiger partial charge in [0, 0.05) is 24.0 Å². The number of anilines is 1. The Bertz CT molecular complexity index is 1210. The van der Waals surface area contributed by atoms with E-state index in [1.165, 1.54) is 24.5 Å². The van der Waals surface area contributed by atoms with E-state index in [1.54, 1.807) is 30.3 Å². The summed E-state index contributed by atoms with van der Waals surface area (Å²) in [6.45, 7) is -3.39. The first-order valence-electron chi connectivity index (χ1n) is 9.25. The minimum atomic E-state index is -3.24. The number of alkyl halides is 2. The summed E-state index contributed by atoms with van der Waals surface area (Å²) < 4.78 is 25.9. The Morgan fingerprint density at radius 2 is 1.94 bits per heavy atom. The zero-order valence-corrected chi connectivity index (χ0v) is 16.7. The molecule has 0 saturated heterocycles. The highest BCUT2D eigenvalue weighted by atomic mass is 19.3. The van der Waals surface area contributed by atoms with Crippen molar-refractivity contribution in [3.8, 4) is 0 Å². The number of aromatic nitrogens is 2. The number of carbonyl (C=O) groups is 2. The van der Waals surface area contributed by atoms with E-state index in [0.717, 1.165) is 16.5 Å². The molecule has 0 bridgehead atoms. The SMILES string of the molecule is N/C=C(\C(=N\C(F)F)C(N)=O)N(Cc1ccc2ccc(N)nc2c1)C(=O)c1cccnc1. The third kappa shape index (κ3) is 5.01. The van der Waals surface area contributed by atoms with Gasteiger partial charge in [0.15, 0.2) is 5.71 Å². The van der Waals surface area contributed by atoms with Crippen LogP contribution in [0.15, 0.2) is 71.7 Å². The average molecular weight is 439 g/mol. The summed E-state index contributed by atoms with van der Waals surface area (Å²) in [6.07, 6.45) is 3.59. The standard InChI is InChI=1S/C21H19F2N7O2/c22-21(23)29-18(19(26)31)16(9-24)30(20(32)14-2-1-7-27-10-14)11-12-3-4-13-5-6-17(25)28-15(13)8-12/h1-10,21H,11,24H2,(H2,25,28)(H2,26,31)/b16-9+,29-18-. The molecular weight excluding hydrogens is 420 g/mol. The van der Waals surface area contributed by atoms with E-state index in [4.69, 9.17) is 17.2 Å². The van der Waals surface area contributed by atoms with Crippen LogP contribution in [-0.2, 0) is 11.3 Å². The van der Waals surface area contributed by atoms with Crippen molar-refractivity contribution in [3.63, 3.8) is 0 Å². The number of fused-ring (bicyclic) bond motifs is 1. The summed E-state index contributed by atoms with van der Waals surface area (Å²) in [5.74, 6) is -1.61. The van der Waals surface area contributed by atoms with Gasteiger partial charge in [-0.05, 0) is 35.9 Å². The van der Waals surface area contributed by atoms with Crippen molar-refractivity contribution in [2.24, 2.45) is 16.5 Å². The third-order valence-electron chi connectivity index (χ3n) is 4.42. The summed E-state index contributed by atoms with van der Waals surface area (Å²) in [4.78, 5) is 37.2. The molecule has 164 valence electrons. The molecule has 1 aromatic carbocycles. The third-order valence-corrected chi connectivity index (χ3v) is 4.42. The minimum absolute atomic E-state index is 0.135. The van der Waals surface area contributed by atoms with Crippen molar-refractivity contribution < 1.29 is 18.4 Å². The predicted octanol–water partition coefficient (Wildman–Crippen LogP) is 1.80. The molecule has 0 atom stereocenters. The molecule has 0 aliphatic carbocycles. The van der Waals surface area contributed by atoms with E-state index in [0.29, 0.717) is 16.9 Å². The molecule has 2 amide bonds. The van der Waals surface area contributed by atoms with E-state index in [2.05, 4.69) is 15.0 Å². The number of nitrogens with two attached hydrogens (primary N) is 3. The molecule has 2 aromatic heterocycles. The number of nitrogen functional groups attached to an aromatic ring is 1. The van der Waals surface area contributed by atoms with Crippen molar-refractivity contribution in [1.82, 2.24) is 14.9 Å². The van der Waals surface area contributed by atoms with E-state index < -0.39 is 24.1 Å². The summed E-state index contributed by atoms with van der Waals surface area (Å²) in [6, 6.07) is 11.6. The number of primary amides is 1. The average Bonchev–Trinajstić information content (AvgIpc) is 2.77. The smallest absolute Gasteiger partial charge is 0.332 e. The molecule has 0 aliphatic rings. The molecule has 0 spiro atoms. The molecule has 3 rings (SSSR count). The quantitative estimate of drug-likeness (QED) is 0.377. The van der Waals surface area contributed by atoms with Crippen molar-refractivity contribution in [1.29, 1.82) is 0 Å². The Morgan fingerprint density at radius 1 is 1.19 bits per heavy atom. The van der Waals surface area contributed by atoms with Crippen LogP contribution in [-0.4, -0.2) is 38.9 Å². The van der Waals surface area contributed by atoms with E-state index in [-0.39, 0.29) is 17.8 Å². The van der Waals surface area contributed by atoms with Crippen molar-refractivity contribution >= 4 is 34.2 Å². The summed E-state index contributed by atoms with van der Waals surface area (Å²) in [5.41, 5.74) is 16.7. The number of pyridine rings is 2. The van der Waals surface area contributed by atoms with Gasteiger partial charge in [-0.3, -0.25) is 14.6 Å². The number of aliphatic imine (C=N–C) groups is 1. The van der Waals surface area contributed by atoms with Gasteiger partial charge in [-0.15, -0.1) is 0 Å². The lowest BCUT2D eigenvalue weighted by Crippen LogP contribution is -2.39. The highest BCUT2D eigenvalue weighted by Crippen LogP contribution is 2.21. The molecule has 0 fully saturated rings. The van der Waals surface area contributed by atoms with E-state index in [9.17, 15) is 18.4 Å². The molecular formula is C21H19F2N7O2. The second-order valence-electron chi connectivity index (χ2n) is 6.57. The lowest BCUT2D eigenvalue weighted by molar-refractivity contribution is -0.112. The molecule has 0 aliphatic heterocycles. The molecule has 0 radical (unpaired) electrons. The summed E-state index contributed by atoms with van der Waals surface area (Å²) in [7, 11) is 0. The van der Waals surface area contributed by atoms with Gasteiger partial charge in [0.25, 0.3) is 11.8 Å². The Labute approximate surface area is 181 Å². The zero-order chi connectivity index (χ0) is 23.3. The van der Waals surface area contributed by atoms with Gasteiger partial charge in [0.05, 0.1) is 23.3 Å². The van der Waals surface area contributed by atoms with Gasteiger partial charge in [0.1, 0.15) is 5.82 Å². The number of hydrogen-bond donors (Lipinski definition) is 3. The van der Waals surface area contributed by atoms with Crippen molar-refractivity contribution in [2.45, 2.75) is 13.1 Å². The van der Waals surface area contributed by atoms with Crippen LogP contribution in [0.2, 0.25) is 0 Å². The lowest BCUT2D eigenvalue weighted by Gasteiger charge is -2.25. The number of nitrogens with zero attached hydrogens (tertiary/aromatic N) is 4. The molecule has 0 unspecified atom stereocenters. The first-order chi connectivity index (χ1) is 15.3. The zero-order valence-electron chi connectivity index (χ0n) is 16.7. The maximum Gasteiger partial charge on any atom is 0.332 e. The van der Waals surface area contributed by atoms with Crippen LogP contribution in [0.3, 0.4) is 0 Å². The number of halogens is 2. The molecule has 2 heterocycles. The normalized spacial score (nSPS) is 12.2. The number of amides is 2. The first-order valence-corrected chi connectivity index (χ1v) is 9.25.